The normalized spacial score (nSPS) is 16.8. The van der Waals surface area contributed by atoms with Crippen molar-refractivity contribution in [3.63, 3.8) is 0 Å². The first kappa shape index (κ1) is 48.7. The second-order valence-electron chi connectivity index (χ2n) is 16.7. The van der Waals surface area contributed by atoms with Crippen LogP contribution in [-0.4, -0.2) is 60.2 Å². The molecule has 2 aliphatic rings. The summed E-state index contributed by atoms with van der Waals surface area (Å²) in [6.45, 7) is 6.71. The Morgan fingerprint density at radius 2 is 1.00 bits per heavy atom. The number of unbranched alkanes of at least 4 members (excludes halogenated alkanes) is 12. The fourth-order valence-electron chi connectivity index (χ4n) is 8.20. The van der Waals surface area contributed by atoms with Crippen LogP contribution in [0.15, 0.2) is 0 Å². The quantitative estimate of drug-likeness (QED) is 0.0501. The third-order valence-corrected chi connectivity index (χ3v) is 14.1. The highest BCUT2D eigenvalue weighted by Gasteiger charge is 2.21. The van der Waals surface area contributed by atoms with E-state index in [2.05, 4.69) is 19.2 Å². The maximum Gasteiger partial charge on any atom is 0.306 e. The van der Waals surface area contributed by atoms with Crippen molar-refractivity contribution in [3.05, 3.63) is 0 Å². The summed E-state index contributed by atoms with van der Waals surface area (Å²) in [5.74, 6) is 6.02. The van der Waals surface area contributed by atoms with Crippen molar-refractivity contribution in [2.75, 3.05) is 36.1 Å². The van der Waals surface area contributed by atoms with E-state index in [0.29, 0.717) is 12.8 Å². The van der Waals surface area contributed by atoms with Gasteiger partial charge >= 0.3 is 11.9 Å². The summed E-state index contributed by atoms with van der Waals surface area (Å²) in [5, 5.41) is 3.67. The molecule has 0 amide bonds. The van der Waals surface area contributed by atoms with Crippen LogP contribution in [-0.2, 0) is 19.1 Å². The van der Waals surface area contributed by atoms with Crippen LogP contribution in [0.5, 0.6) is 0 Å². The second-order valence-corrected chi connectivity index (χ2v) is 19.0. The number of carbonyl (C=O) groups is 2. The minimum absolute atomic E-state index is 0.0151. The summed E-state index contributed by atoms with van der Waals surface area (Å²) in [7, 11) is 0. The second kappa shape index (κ2) is 36.0. The van der Waals surface area contributed by atoms with Gasteiger partial charge in [0.1, 0.15) is 12.2 Å². The third-order valence-electron chi connectivity index (χ3n) is 11.7. The summed E-state index contributed by atoms with van der Waals surface area (Å²) in [5.41, 5.74) is 0. The minimum atomic E-state index is 0.0151. The number of esters is 2. The Kier molecular flexibility index (Phi) is 33.1. The van der Waals surface area contributed by atoms with Gasteiger partial charge in [0.15, 0.2) is 0 Å². The zero-order chi connectivity index (χ0) is 37.9. The van der Waals surface area contributed by atoms with E-state index in [0.717, 1.165) is 75.0 Å². The zero-order valence-corrected chi connectivity index (χ0v) is 36.8. The number of rotatable bonds is 36. The fraction of sp³-hybridized carbons (Fsp3) is 0.957. The van der Waals surface area contributed by atoms with Gasteiger partial charge in [-0.05, 0) is 101 Å². The van der Waals surface area contributed by atoms with Crippen LogP contribution in [0.4, 0.5) is 0 Å². The van der Waals surface area contributed by atoms with E-state index >= 15 is 0 Å². The minimum Gasteiger partial charge on any atom is -0.461 e. The molecule has 0 spiro atoms. The molecule has 2 saturated carbocycles. The monoisotopic (exact) mass is 782 g/mol. The Hall–Kier alpha value is -0.400. The predicted octanol–water partition coefficient (Wildman–Crippen LogP) is 13.6. The lowest BCUT2D eigenvalue weighted by Crippen LogP contribution is -2.23. The van der Waals surface area contributed by atoms with Crippen molar-refractivity contribution in [2.24, 2.45) is 11.8 Å². The molecule has 0 aromatic heterocycles. The molecule has 0 aromatic rings. The average molecular weight is 782 g/mol. The first-order chi connectivity index (χ1) is 26.1. The van der Waals surface area contributed by atoms with Crippen LogP contribution in [0.3, 0.4) is 0 Å². The summed E-state index contributed by atoms with van der Waals surface area (Å²) in [6, 6.07) is 0. The van der Waals surface area contributed by atoms with E-state index in [1.54, 1.807) is 0 Å². The first-order valence-electron chi connectivity index (χ1n) is 23.4. The molecule has 0 saturated heterocycles. The highest BCUT2D eigenvalue weighted by molar-refractivity contribution is 7.99. The molecule has 2 aliphatic carbocycles. The Bertz CT molecular complexity index is 832. The smallest absolute Gasteiger partial charge is 0.306 e. The van der Waals surface area contributed by atoms with E-state index < -0.39 is 0 Å². The summed E-state index contributed by atoms with van der Waals surface area (Å²) in [4.78, 5) is 25.1. The Balaban J connectivity index is 1.42. The molecule has 2 rings (SSSR count). The molecule has 2 atom stereocenters. The van der Waals surface area contributed by atoms with Crippen molar-refractivity contribution in [1.29, 1.82) is 0 Å². The maximum atomic E-state index is 12.8. The molecule has 7 heteroatoms. The lowest BCUT2D eigenvalue weighted by atomic mass is 9.85. The van der Waals surface area contributed by atoms with Gasteiger partial charge in [-0.25, -0.2) is 0 Å². The van der Waals surface area contributed by atoms with Crippen LogP contribution in [0.2, 0.25) is 0 Å². The summed E-state index contributed by atoms with van der Waals surface area (Å²) in [6.07, 6.45) is 39.3. The molecule has 5 nitrogen and oxygen atoms in total. The number of carbonyl (C=O) groups excluding carboxylic acids is 2. The van der Waals surface area contributed by atoms with E-state index in [1.807, 2.05) is 23.5 Å². The van der Waals surface area contributed by atoms with E-state index in [4.69, 9.17) is 9.47 Å². The highest BCUT2D eigenvalue weighted by Crippen LogP contribution is 2.30. The van der Waals surface area contributed by atoms with E-state index in [9.17, 15) is 9.59 Å². The molecule has 53 heavy (non-hydrogen) atoms. The van der Waals surface area contributed by atoms with E-state index in [1.165, 1.54) is 166 Å². The maximum absolute atomic E-state index is 12.8. The Morgan fingerprint density at radius 3 is 1.58 bits per heavy atom. The zero-order valence-electron chi connectivity index (χ0n) is 35.1. The Labute approximate surface area is 337 Å². The molecule has 1 N–H and O–H groups in total. The molecular weight excluding hydrogens is 695 g/mol. The van der Waals surface area contributed by atoms with Gasteiger partial charge < -0.3 is 14.8 Å². The predicted molar refractivity (Wildman–Crippen MR) is 233 cm³/mol. The lowest BCUT2D eigenvalue weighted by Gasteiger charge is -2.25. The van der Waals surface area contributed by atoms with Gasteiger partial charge in [0.05, 0.1) is 0 Å². The number of hydrogen-bond donors (Lipinski definition) is 1. The van der Waals surface area contributed by atoms with Gasteiger partial charge in [-0.2, -0.15) is 23.5 Å². The highest BCUT2D eigenvalue weighted by atomic mass is 32.2. The summed E-state index contributed by atoms with van der Waals surface area (Å²) >= 11 is 4.01. The summed E-state index contributed by atoms with van der Waals surface area (Å²) < 4.78 is 12.0. The van der Waals surface area contributed by atoms with Gasteiger partial charge in [0.2, 0.25) is 0 Å². The van der Waals surface area contributed by atoms with Crippen molar-refractivity contribution >= 4 is 35.5 Å². The first-order valence-corrected chi connectivity index (χ1v) is 25.7. The number of ether oxygens (including phenoxy) is 2. The van der Waals surface area contributed by atoms with Gasteiger partial charge in [-0.1, -0.05) is 142 Å². The van der Waals surface area contributed by atoms with Crippen LogP contribution < -0.4 is 5.32 Å². The number of hydrogen-bond acceptors (Lipinski definition) is 7. The van der Waals surface area contributed by atoms with Crippen LogP contribution in [0.25, 0.3) is 0 Å². The number of nitrogens with one attached hydrogen (secondary N) is 1. The third kappa shape index (κ3) is 29.5. The molecule has 2 fully saturated rings. The lowest BCUT2D eigenvalue weighted by molar-refractivity contribution is -0.149. The van der Waals surface area contributed by atoms with Gasteiger partial charge in [-0.15, -0.1) is 0 Å². The SMILES string of the molecule is CCCCCCC(CSCCCCCCNCCCCCCCSCC(CCC1CCCCC1)OC(=O)CCC1CCCCC1)OC(=O)CCCCC. The molecule has 0 bridgehead atoms. The largest absolute Gasteiger partial charge is 0.461 e. The van der Waals surface area contributed by atoms with Crippen molar-refractivity contribution in [1.82, 2.24) is 5.32 Å². The standard InChI is InChI=1S/C46H87NO4S2/c1-3-5-7-20-29-43(50-45(48)30-15-6-4-2)39-52-38-24-12-10-22-36-47-35-21-9-8-11-23-37-53-40-44(33-31-41-25-16-13-17-26-41)51-46(49)34-32-42-27-18-14-19-28-42/h41-44,47H,3-40H2,1-2H3. The van der Waals surface area contributed by atoms with Crippen molar-refractivity contribution in [2.45, 2.75) is 232 Å². The molecule has 0 radical (unpaired) electrons. The van der Waals surface area contributed by atoms with Crippen LogP contribution >= 0.6 is 23.5 Å². The molecule has 2 unspecified atom stereocenters. The fourth-order valence-corrected chi connectivity index (χ4v) is 10.3. The number of thioether (sulfide) groups is 2. The van der Waals surface area contributed by atoms with Gasteiger partial charge in [0, 0.05) is 24.3 Å². The van der Waals surface area contributed by atoms with Crippen LogP contribution in [0.1, 0.15) is 219 Å². The van der Waals surface area contributed by atoms with Crippen molar-refractivity contribution in [3.8, 4) is 0 Å². The van der Waals surface area contributed by atoms with E-state index in [-0.39, 0.29) is 24.1 Å². The molecule has 312 valence electrons. The Morgan fingerprint density at radius 1 is 0.528 bits per heavy atom. The molecule has 0 heterocycles. The van der Waals surface area contributed by atoms with Gasteiger partial charge in [0.25, 0.3) is 0 Å². The van der Waals surface area contributed by atoms with Crippen molar-refractivity contribution < 1.29 is 19.1 Å². The van der Waals surface area contributed by atoms with Gasteiger partial charge in [-0.3, -0.25) is 9.59 Å². The topological polar surface area (TPSA) is 64.6 Å². The molecule has 0 aliphatic heterocycles. The molecular formula is C46H87NO4S2. The molecule has 0 aromatic carbocycles. The average Bonchev–Trinajstić information content (AvgIpc) is 3.18. The van der Waals surface area contributed by atoms with Crippen LogP contribution in [0, 0.1) is 11.8 Å².